The van der Waals surface area contributed by atoms with Crippen molar-refractivity contribution in [2.75, 3.05) is 6.54 Å². The average molecular weight is 151 g/mol. The third-order valence-corrected chi connectivity index (χ3v) is 1.72. The van der Waals surface area contributed by atoms with Crippen molar-refractivity contribution in [3.05, 3.63) is 0 Å². The summed E-state index contributed by atoms with van der Waals surface area (Å²) in [4.78, 5) is 0. The van der Waals surface area contributed by atoms with Crippen LogP contribution in [0.5, 0.6) is 0 Å². The number of alkyl halides is 2. The van der Waals surface area contributed by atoms with E-state index in [0.29, 0.717) is 0 Å². The van der Waals surface area contributed by atoms with E-state index in [2.05, 4.69) is 5.32 Å². The van der Waals surface area contributed by atoms with Crippen LogP contribution in [0.3, 0.4) is 0 Å². The van der Waals surface area contributed by atoms with Gasteiger partial charge in [-0.15, -0.1) is 0 Å². The predicted octanol–water partition coefficient (Wildman–Crippen LogP) is 0.364. The van der Waals surface area contributed by atoms with Crippen LogP contribution in [0.1, 0.15) is 13.3 Å². The lowest BCUT2D eigenvalue weighted by atomic mass is 10.1. The lowest BCUT2D eigenvalue weighted by Crippen LogP contribution is -2.32. The molecule has 1 aliphatic rings. The molecule has 0 bridgehead atoms. The van der Waals surface area contributed by atoms with Crippen LogP contribution in [0.4, 0.5) is 8.78 Å². The second-order valence-corrected chi connectivity index (χ2v) is 2.79. The van der Waals surface area contributed by atoms with E-state index in [0.717, 1.165) is 0 Å². The van der Waals surface area contributed by atoms with Gasteiger partial charge in [0, 0.05) is 12.5 Å². The quantitative estimate of drug-likeness (QED) is 0.567. The summed E-state index contributed by atoms with van der Waals surface area (Å²) in [5.74, 6) is -2.62. The lowest BCUT2D eigenvalue weighted by Gasteiger charge is -2.12. The number of nitrogens with one attached hydrogen (secondary N) is 1. The summed E-state index contributed by atoms with van der Waals surface area (Å²) in [6.45, 7) is 1.21. The highest BCUT2D eigenvalue weighted by molar-refractivity contribution is 4.89. The zero-order valence-corrected chi connectivity index (χ0v) is 5.77. The molecule has 0 aliphatic carbocycles. The largest absolute Gasteiger partial charge is 0.392 e. The molecule has 1 heterocycles. The summed E-state index contributed by atoms with van der Waals surface area (Å²) >= 11 is 0. The van der Waals surface area contributed by atoms with Gasteiger partial charge in [-0.2, -0.15) is 0 Å². The Hall–Kier alpha value is -0.220. The molecule has 10 heavy (non-hydrogen) atoms. The molecule has 0 aromatic rings. The van der Waals surface area contributed by atoms with E-state index in [-0.39, 0.29) is 13.0 Å². The Bertz CT molecular complexity index is 127. The van der Waals surface area contributed by atoms with Gasteiger partial charge in [-0.05, 0) is 6.92 Å². The van der Waals surface area contributed by atoms with Crippen LogP contribution in [0.15, 0.2) is 0 Å². The Balaban J connectivity index is 2.43. The molecule has 1 fully saturated rings. The first-order valence-electron chi connectivity index (χ1n) is 3.30. The SMILES string of the molecule is C[C@@H](O)[C@H]1CC(F)(F)CN1. The van der Waals surface area contributed by atoms with Crippen molar-refractivity contribution >= 4 is 0 Å². The molecule has 0 unspecified atom stereocenters. The molecule has 4 heteroatoms. The number of hydrogen-bond acceptors (Lipinski definition) is 2. The number of hydrogen-bond donors (Lipinski definition) is 2. The fourth-order valence-corrected chi connectivity index (χ4v) is 1.09. The molecule has 0 saturated carbocycles. The van der Waals surface area contributed by atoms with E-state index in [1.165, 1.54) is 6.92 Å². The van der Waals surface area contributed by atoms with Gasteiger partial charge in [-0.3, -0.25) is 0 Å². The molecule has 1 rings (SSSR count). The minimum absolute atomic E-state index is 0.245. The minimum atomic E-state index is -2.62. The first-order chi connectivity index (χ1) is 4.51. The summed E-state index contributed by atoms with van der Waals surface area (Å²) in [7, 11) is 0. The fourth-order valence-electron chi connectivity index (χ4n) is 1.09. The van der Waals surface area contributed by atoms with E-state index in [4.69, 9.17) is 5.11 Å². The molecule has 2 atom stereocenters. The Morgan fingerprint density at radius 1 is 1.70 bits per heavy atom. The maximum atomic E-state index is 12.4. The first kappa shape index (κ1) is 7.88. The van der Waals surface area contributed by atoms with Gasteiger partial charge in [0.1, 0.15) is 0 Å². The average Bonchev–Trinajstić information content (AvgIpc) is 2.10. The molecule has 0 spiro atoms. The van der Waals surface area contributed by atoms with Crippen LogP contribution >= 0.6 is 0 Å². The van der Waals surface area contributed by atoms with Crippen LogP contribution in [0, 0.1) is 0 Å². The fraction of sp³-hybridized carbons (Fsp3) is 1.00. The smallest absolute Gasteiger partial charge is 0.261 e. The van der Waals surface area contributed by atoms with Crippen molar-refractivity contribution in [2.45, 2.75) is 31.4 Å². The standard InChI is InChI=1S/C6H11F2NO/c1-4(10)5-2-6(7,8)3-9-5/h4-5,9-10H,2-3H2,1H3/t4-,5-/m1/s1. The van der Waals surface area contributed by atoms with Crippen LogP contribution in [0.25, 0.3) is 0 Å². The maximum Gasteiger partial charge on any atom is 0.261 e. The van der Waals surface area contributed by atoms with Crippen LogP contribution in [-0.4, -0.2) is 29.7 Å². The summed E-state index contributed by atoms with van der Waals surface area (Å²) in [5.41, 5.74) is 0. The van der Waals surface area contributed by atoms with Crippen molar-refractivity contribution < 1.29 is 13.9 Å². The third kappa shape index (κ3) is 1.64. The molecular formula is C6H11F2NO. The number of halogens is 2. The minimum Gasteiger partial charge on any atom is -0.392 e. The van der Waals surface area contributed by atoms with E-state index in [1.54, 1.807) is 0 Å². The molecular weight excluding hydrogens is 140 g/mol. The zero-order chi connectivity index (χ0) is 7.78. The predicted molar refractivity (Wildman–Crippen MR) is 33.0 cm³/mol. The van der Waals surface area contributed by atoms with Crippen LogP contribution < -0.4 is 5.32 Å². The summed E-state index contributed by atoms with van der Waals surface area (Å²) in [5, 5.41) is 11.4. The van der Waals surface area contributed by atoms with Gasteiger partial charge in [0.2, 0.25) is 0 Å². The van der Waals surface area contributed by atoms with Crippen molar-refractivity contribution in [1.82, 2.24) is 5.32 Å². The molecule has 2 nitrogen and oxygen atoms in total. The summed E-state index contributed by atoms with van der Waals surface area (Å²) < 4.78 is 24.8. The van der Waals surface area contributed by atoms with Crippen molar-refractivity contribution in [2.24, 2.45) is 0 Å². The maximum absolute atomic E-state index is 12.4. The van der Waals surface area contributed by atoms with Crippen molar-refractivity contribution in [3.63, 3.8) is 0 Å². The highest BCUT2D eigenvalue weighted by atomic mass is 19.3. The molecule has 1 aliphatic heterocycles. The molecule has 0 amide bonds. The van der Waals surface area contributed by atoms with E-state index < -0.39 is 18.1 Å². The van der Waals surface area contributed by atoms with Gasteiger partial charge in [-0.1, -0.05) is 0 Å². The molecule has 0 radical (unpaired) electrons. The van der Waals surface area contributed by atoms with Crippen LogP contribution in [0.2, 0.25) is 0 Å². The number of rotatable bonds is 1. The number of aliphatic hydroxyl groups excluding tert-OH is 1. The normalized spacial score (nSPS) is 34.2. The monoisotopic (exact) mass is 151 g/mol. The Kier molecular flexibility index (Phi) is 1.92. The van der Waals surface area contributed by atoms with E-state index in [1.807, 2.05) is 0 Å². The second kappa shape index (κ2) is 2.43. The highest BCUT2D eigenvalue weighted by Crippen LogP contribution is 2.26. The third-order valence-electron chi connectivity index (χ3n) is 1.72. The first-order valence-corrected chi connectivity index (χ1v) is 3.30. The Labute approximate surface area is 58.2 Å². The van der Waals surface area contributed by atoms with Gasteiger partial charge in [-0.25, -0.2) is 8.78 Å². The van der Waals surface area contributed by atoms with Gasteiger partial charge in [0.05, 0.1) is 12.6 Å². The second-order valence-electron chi connectivity index (χ2n) is 2.79. The van der Waals surface area contributed by atoms with Crippen LogP contribution in [-0.2, 0) is 0 Å². The van der Waals surface area contributed by atoms with Crippen molar-refractivity contribution in [3.8, 4) is 0 Å². The number of aliphatic hydroxyl groups is 1. The Morgan fingerprint density at radius 2 is 2.30 bits per heavy atom. The van der Waals surface area contributed by atoms with Gasteiger partial charge in [0.25, 0.3) is 5.92 Å². The highest BCUT2D eigenvalue weighted by Gasteiger charge is 2.40. The molecule has 2 N–H and O–H groups in total. The molecule has 1 saturated heterocycles. The lowest BCUT2D eigenvalue weighted by molar-refractivity contribution is 0.0155. The topological polar surface area (TPSA) is 32.3 Å². The summed E-state index contributed by atoms with van der Waals surface area (Å²) in [6.07, 6.45) is -0.932. The molecule has 0 aromatic carbocycles. The molecule has 60 valence electrons. The Morgan fingerprint density at radius 3 is 2.50 bits per heavy atom. The van der Waals surface area contributed by atoms with Crippen molar-refractivity contribution in [1.29, 1.82) is 0 Å². The summed E-state index contributed by atoms with van der Waals surface area (Å²) in [6, 6.07) is -0.435. The van der Waals surface area contributed by atoms with Gasteiger partial charge in [0.15, 0.2) is 0 Å². The molecule has 0 aromatic heterocycles. The van der Waals surface area contributed by atoms with E-state index in [9.17, 15) is 8.78 Å². The zero-order valence-electron chi connectivity index (χ0n) is 5.77. The van der Waals surface area contributed by atoms with Gasteiger partial charge < -0.3 is 10.4 Å². The van der Waals surface area contributed by atoms with E-state index >= 15 is 0 Å². The van der Waals surface area contributed by atoms with Gasteiger partial charge >= 0.3 is 0 Å².